The van der Waals surface area contributed by atoms with Crippen molar-refractivity contribution >= 4 is 27.5 Å². The van der Waals surface area contributed by atoms with Crippen LogP contribution in [-0.2, 0) is 0 Å². The molecule has 84 valence electrons. The highest BCUT2D eigenvalue weighted by atomic mass is 79.9. The third-order valence-corrected chi connectivity index (χ3v) is 3.14. The van der Waals surface area contributed by atoms with Gasteiger partial charge in [-0.25, -0.2) is 4.39 Å². The van der Waals surface area contributed by atoms with Crippen LogP contribution in [0.25, 0.3) is 0 Å². The lowest BCUT2D eigenvalue weighted by Crippen LogP contribution is -2.15. The Hall–Kier alpha value is -0.290. The van der Waals surface area contributed by atoms with Gasteiger partial charge in [0.2, 0.25) is 0 Å². The maximum atomic E-state index is 13.0. The molecule has 0 radical (unpaired) electrons. The van der Waals surface area contributed by atoms with Crippen LogP contribution < -0.4 is 0 Å². The van der Waals surface area contributed by atoms with Gasteiger partial charge in [-0.3, -0.25) is 0 Å². The quantitative estimate of drug-likeness (QED) is 0.517. The molecule has 1 rings (SSSR count). The van der Waals surface area contributed by atoms with Crippen molar-refractivity contribution < 1.29 is 17.6 Å². The molecule has 15 heavy (non-hydrogen) atoms. The first kappa shape index (κ1) is 12.8. The van der Waals surface area contributed by atoms with Gasteiger partial charge in [-0.15, -0.1) is 0 Å². The smallest absolute Gasteiger partial charge is 0.205 e. The van der Waals surface area contributed by atoms with Gasteiger partial charge in [0, 0.05) is 0 Å². The Morgan fingerprint density at radius 2 is 1.87 bits per heavy atom. The third kappa shape index (κ3) is 2.84. The van der Waals surface area contributed by atoms with Gasteiger partial charge in [-0.1, -0.05) is 33.6 Å². The van der Waals surface area contributed by atoms with Crippen molar-refractivity contribution in [2.24, 2.45) is 0 Å². The van der Waals surface area contributed by atoms with E-state index in [9.17, 15) is 17.6 Å². The summed E-state index contributed by atoms with van der Waals surface area (Å²) < 4.78 is 50.0. The summed E-state index contributed by atoms with van der Waals surface area (Å²) in [4.78, 5) is -1.83. The van der Waals surface area contributed by atoms with Crippen LogP contribution in [-0.4, -0.2) is 6.18 Å². The van der Waals surface area contributed by atoms with Crippen LogP contribution >= 0.6 is 27.5 Å². The van der Waals surface area contributed by atoms with Gasteiger partial charge in [-0.05, 0) is 24.1 Å². The normalized spacial score (nSPS) is 14.1. The Morgan fingerprint density at radius 1 is 1.33 bits per heavy atom. The summed E-state index contributed by atoms with van der Waals surface area (Å²) >= 11 is 7.94. The maximum Gasteiger partial charge on any atom is 0.405 e. The van der Waals surface area contributed by atoms with Crippen molar-refractivity contribution in [3.63, 3.8) is 0 Å². The molecule has 0 nitrogen and oxygen atoms in total. The van der Waals surface area contributed by atoms with Crippen LogP contribution in [0.1, 0.15) is 16.0 Å². The summed E-state index contributed by atoms with van der Waals surface area (Å²) in [5.74, 6) is -0.692. The van der Waals surface area contributed by atoms with Gasteiger partial charge < -0.3 is 0 Å². The lowest BCUT2D eigenvalue weighted by atomic mass is 10.1. The van der Waals surface area contributed by atoms with E-state index in [2.05, 4.69) is 15.9 Å². The topological polar surface area (TPSA) is 0 Å². The first-order valence-corrected chi connectivity index (χ1v) is 5.19. The van der Waals surface area contributed by atoms with Gasteiger partial charge in [0.05, 0.1) is 5.02 Å². The van der Waals surface area contributed by atoms with Crippen LogP contribution in [0.5, 0.6) is 0 Å². The van der Waals surface area contributed by atoms with E-state index >= 15 is 0 Å². The molecule has 1 atom stereocenters. The molecule has 0 N–H and O–H groups in total. The summed E-state index contributed by atoms with van der Waals surface area (Å²) in [6, 6.07) is 2.09. The molecule has 0 aliphatic heterocycles. The average molecular weight is 305 g/mol. The molecule has 0 heterocycles. The Kier molecular flexibility index (Phi) is 3.66. The summed E-state index contributed by atoms with van der Waals surface area (Å²) in [6.07, 6.45) is -4.42. The molecule has 0 fully saturated rings. The molecule has 1 aromatic carbocycles. The fourth-order valence-corrected chi connectivity index (χ4v) is 1.63. The van der Waals surface area contributed by atoms with E-state index in [1.165, 1.54) is 6.92 Å². The number of aryl methyl sites for hydroxylation is 1. The second kappa shape index (κ2) is 4.29. The molecular weight excluding hydrogens is 299 g/mol. The zero-order valence-electron chi connectivity index (χ0n) is 7.50. The van der Waals surface area contributed by atoms with Gasteiger partial charge >= 0.3 is 6.18 Å². The molecule has 1 aromatic rings. The fourth-order valence-electron chi connectivity index (χ4n) is 1.09. The minimum atomic E-state index is -4.42. The van der Waals surface area contributed by atoms with Crippen molar-refractivity contribution in [2.45, 2.75) is 17.9 Å². The van der Waals surface area contributed by atoms with Crippen molar-refractivity contribution in [2.75, 3.05) is 0 Å². The Bertz CT molecular complexity index is 352. The molecular formula is C9H6BrClF4. The minimum absolute atomic E-state index is 0.0891. The molecule has 0 amide bonds. The van der Waals surface area contributed by atoms with E-state index in [0.717, 1.165) is 12.1 Å². The van der Waals surface area contributed by atoms with Crippen LogP contribution in [0.4, 0.5) is 17.6 Å². The molecule has 6 heteroatoms. The summed E-state index contributed by atoms with van der Waals surface area (Å²) in [6.45, 7) is 1.36. The number of benzene rings is 1. The summed E-state index contributed by atoms with van der Waals surface area (Å²) in [5.41, 5.74) is -0.0161. The van der Waals surface area contributed by atoms with Gasteiger partial charge in [0.25, 0.3) is 0 Å². The molecule has 0 bridgehead atoms. The lowest BCUT2D eigenvalue weighted by molar-refractivity contribution is -0.128. The second-order valence-electron chi connectivity index (χ2n) is 3.04. The maximum absolute atomic E-state index is 13.0. The van der Waals surface area contributed by atoms with Gasteiger partial charge in [0.15, 0.2) is 0 Å². The van der Waals surface area contributed by atoms with Crippen LogP contribution in [0, 0.1) is 12.7 Å². The number of hydrogen-bond donors (Lipinski definition) is 0. The van der Waals surface area contributed by atoms with Crippen molar-refractivity contribution in [3.8, 4) is 0 Å². The number of halogens is 6. The van der Waals surface area contributed by atoms with Crippen molar-refractivity contribution in [1.82, 2.24) is 0 Å². The number of alkyl halides is 4. The van der Waals surface area contributed by atoms with Crippen molar-refractivity contribution in [1.29, 1.82) is 0 Å². The number of hydrogen-bond acceptors (Lipinski definition) is 0. The molecule has 0 aliphatic carbocycles. The standard InChI is InChI=1S/C9H6BrClF4/c1-4-2-5(3-6(11)7(4)12)8(10)9(13,14)15/h2-3,8H,1H3. The Balaban J connectivity index is 3.17. The van der Waals surface area contributed by atoms with Crippen LogP contribution in [0.2, 0.25) is 5.02 Å². The van der Waals surface area contributed by atoms with Gasteiger partial charge in [0.1, 0.15) is 10.6 Å². The Morgan fingerprint density at radius 3 is 2.27 bits per heavy atom. The monoisotopic (exact) mass is 304 g/mol. The lowest BCUT2D eigenvalue weighted by Gasteiger charge is -2.15. The zero-order chi connectivity index (χ0) is 11.8. The predicted molar refractivity (Wildman–Crippen MR) is 53.9 cm³/mol. The molecule has 1 unspecified atom stereocenters. The minimum Gasteiger partial charge on any atom is -0.205 e. The largest absolute Gasteiger partial charge is 0.405 e. The third-order valence-electron chi connectivity index (χ3n) is 1.81. The number of rotatable bonds is 1. The molecule has 0 aromatic heterocycles. The van der Waals surface area contributed by atoms with Crippen LogP contribution in [0.15, 0.2) is 12.1 Å². The van der Waals surface area contributed by atoms with E-state index in [1.54, 1.807) is 0 Å². The second-order valence-corrected chi connectivity index (χ2v) is 4.36. The highest BCUT2D eigenvalue weighted by Crippen LogP contribution is 2.41. The summed E-state index contributed by atoms with van der Waals surface area (Å²) in [7, 11) is 0. The predicted octanol–water partition coefficient (Wildman–Crippen LogP) is 4.79. The average Bonchev–Trinajstić information content (AvgIpc) is 2.10. The fraction of sp³-hybridized carbons (Fsp3) is 0.333. The highest BCUT2D eigenvalue weighted by Gasteiger charge is 2.39. The molecule has 0 saturated heterocycles. The Labute approximate surface area is 97.4 Å². The highest BCUT2D eigenvalue weighted by molar-refractivity contribution is 9.09. The van der Waals surface area contributed by atoms with E-state index in [0.29, 0.717) is 0 Å². The van der Waals surface area contributed by atoms with E-state index < -0.39 is 16.8 Å². The summed E-state index contributed by atoms with van der Waals surface area (Å²) in [5, 5.41) is -0.307. The van der Waals surface area contributed by atoms with E-state index in [-0.39, 0.29) is 16.1 Å². The van der Waals surface area contributed by atoms with Crippen LogP contribution in [0.3, 0.4) is 0 Å². The van der Waals surface area contributed by atoms with Gasteiger partial charge in [-0.2, -0.15) is 13.2 Å². The molecule has 0 spiro atoms. The molecule has 0 saturated carbocycles. The molecule has 0 aliphatic rings. The first-order chi connectivity index (χ1) is 6.73. The zero-order valence-corrected chi connectivity index (χ0v) is 9.84. The first-order valence-electron chi connectivity index (χ1n) is 3.90. The van der Waals surface area contributed by atoms with Crippen molar-refractivity contribution in [3.05, 3.63) is 34.1 Å². The van der Waals surface area contributed by atoms with E-state index in [4.69, 9.17) is 11.6 Å². The SMILES string of the molecule is Cc1cc(C(Br)C(F)(F)F)cc(Cl)c1F. The van der Waals surface area contributed by atoms with E-state index in [1.807, 2.05) is 0 Å².